The van der Waals surface area contributed by atoms with Crippen LogP contribution in [0.2, 0.25) is 0 Å². The summed E-state index contributed by atoms with van der Waals surface area (Å²) in [6.45, 7) is -0.0804. The van der Waals surface area contributed by atoms with Gasteiger partial charge in [-0.15, -0.1) is 0 Å². The maximum Gasteiger partial charge on any atom is 0.267 e. The predicted molar refractivity (Wildman–Crippen MR) is 86.2 cm³/mol. The van der Waals surface area contributed by atoms with Crippen molar-refractivity contribution in [1.82, 2.24) is 15.6 Å². The predicted octanol–water partition coefficient (Wildman–Crippen LogP) is 0.961. The van der Waals surface area contributed by atoms with Crippen LogP contribution in [0.5, 0.6) is 0 Å². The van der Waals surface area contributed by atoms with Gasteiger partial charge in [0.2, 0.25) is 0 Å². The van der Waals surface area contributed by atoms with E-state index < -0.39 is 5.91 Å². The van der Waals surface area contributed by atoms with Gasteiger partial charge in [-0.2, -0.15) is 0 Å². The molecule has 0 unspecified atom stereocenters. The first-order chi connectivity index (χ1) is 11.2. The number of amides is 2. The molecule has 0 saturated carbocycles. The highest BCUT2D eigenvalue weighted by Gasteiger charge is 2.14. The minimum atomic E-state index is -0.479. The van der Waals surface area contributed by atoms with Crippen molar-refractivity contribution < 1.29 is 14.7 Å². The second-order valence-electron chi connectivity index (χ2n) is 4.64. The third kappa shape index (κ3) is 5.05. The molecule has 1 heterocycles. The van der Waals surface area contributed by atoms with E-state index in [4.69, 9.17) is 5.11 Å². The molecule has 2 amide bonds. The molecule has 1 aromatic carbocycles. The minimum Gasteiger partial charge on any atom is -0.395 e. The van der Waals surface area contributed by atoms with Crippen LogP contribution in [-0.4, -0.2) is 35.1 Å². The van der Waals surface area contributed by atoms with E-state index in [1.165, 1.54) is 6.08 Å². The van der Waals surface area contributed by atoms with E-state index in [1.54, 1.807) is 54.9 Å². The monoisotopic (exact) mass is 311 g/mol. The number of aliphatic hydroxyl groups is 1. The van der Waals surface area contributed by atoms with E-state index >= 15 is 0 Å². The van der Waals surface area contributed by atoms with Crippen LogP contribution in [-0.2, 0) is 4.79 Å². The van der Waals surface area contributed by atoms with E-state index in [2.05, 4.69) is 15.6 Å². The maximum absolute atomic E-state index is 12.2. The number of carbonyl (C=O) groups excluding carboxylic acids is 2. The molecule has 23 heavy (non-hydrogen) atoms. The summed E-state index contributed by atoms with van der Waals surface area (Å²) in [7, 11) is 0. The highest BCUT2D eigenvalue weighted by molar-refractivity contribution is 6.05. The van der Waals surface area contributed by atoms with Gasteiger partial charge in [-0.25, -0.2) is 0 Å². The van der Waals surface area contributed by atoms with Crippen molar-refractivity contribution in [2.24, 2.45) is 0 Å². The molecule has 6 heteroatoms. The van der Waals surface area contributed by atoms with E-state index in [1.807, 2.05) is 0 Å². The van der Waals surface area contributed by atoms with Crippen molar-refractivity contribution in [3.63, 3.8) is 0 Å². The van der Waals surface area contributed by atoms with Gasteiger partial charge in [-0.3, -0.25) is 14.6 Å². The fraction of sp³-hybridized carbons (Fsp3) is 0.118. The van der Waals surface area contributed by atoms with Crippen LogP contribution in [0.15, 0.2) is 60.6 Å². The van der Waals surface area contributed by atoms with Crippen LogP contribution in [0.25, 0.3) is 6.08 Å². The summed E-state index contributed by atoms with van der Waals surface area (Å²) < 4.78 is 0. The fourth-order valence-corrected chi connectivity index (χ4v) is 1.84. The topological polar surface area (TPSA) is 91.3 Å². The fourth-order valence-electron chi connectivity index (χ4n) is 1.84. The van der Waals surface area contributed by atoms with Crippen molar-refractivity contribution in [3.8, 4) is 0 Å². The highest BCUT2D eigenvalue weighted by atomic mass is 16.3. The number of aromatic nitrogens is 1. The van der Waals surface area contributed by atoms with E-state index in [0.29, 0.717) is 11.1 Å². The molecule has 6 nitrogen and oxygen atoms in total. The van der Waals surface area contributed by atoms with Crippen molar-refractivity contribution in [2.75, 3.05) is 13.2 Å². The van der Waals surface area contributed by atoms with Crippen molar-refractivity contribution >= 4 is 17.9 Å². The average molecular weight is 311 g/mol. The van der Waals surface area contributed by atoms with Gasteiger partial charge in [0.15, 0.2) is 0 Å². The molecule has 1 aromatic heterocycles. The Morgan fingerprint density at radius 3 is 2.57 bits per heavy atom. The second kappa shape index (κ2) is 8.45. The van der Waals surface area contributed by atoms with Crippen LogP contribution in [0.4, 0.5) is 0 Å². The number of hydrogen-bond donors (Lipinski definition) is 3. The molecule has 0 radical (unpaired) electrons. The molecular formula is C17H17N3O3. The molecule has 0 aliphatic rings. The smallest absolute Gasteiger partial charge is 0.267 e. The van der Waals surface area contributed by atoms with Crippen LogP contribution in [0.1, 0.15) is 15.9 Å². The van der Waals surface area contributed by atoms with Gasteiger partial charge >= 0.3 is 0 Å². The lowest BCUT2D eigenvalue weighted by molar-refractivity contribution is -0.117. The third-order valence-corrected chi connectivity index (χ3v) is 2.92. The number of rotatable bonds is 6. The Labute approximate surface area is 133 Å². The number of nitrogens with zero attached hydrogens (tertiary/aromatic N) is 1. The Hall–Kier alpha value is -2.99. The molecule has 2 rings (SSSR count). The number of carbonyl (C=O) groups is 2. The summed E-state index contributed by atoms with van der Waals surface area (Å²) in [5.41, 5.74) is 1.20. The SMILES string of the molecule is O=C(NCCO)/C(=C\c1cccnc1)NC(=O)c1ccccc1. The molecule has 0 fully saturated rings. The highest BCUT2D eigenvalue weighted by Crippen LogP contribution is 2.06. The molecule has 2 aromatic rings. The lowest BCUT2D eigenvalue weighted by Crippen LogP contribution is -2.36. The largest absolute Gasteiger partial charge is 0.395 e. The average Bonchev–Trinajstić information content (AvgIpc) is 2.60. The molecule has 3 N–H and O–H groups in total. The van der Waals surface area contributed by atoms with Gasteiger partial charge in [-0.1, -0.05) is 24.3 Å². The lowest BCUT2D eigenvalue weighted by Gasteiger charge is -2.10. The summed E-state index contributed by atoms with van der Waals surface area (Å²) in [5.74, 6) is -0.868. The van der Waals surface area contributed by atoms with Gasteiger partial charge in [-0.05, 0) is 29.8 Å². The summed E-state index contributed by atoms with van der Waals surface area (Å²) in [4.78, 5) is 28.3. The van der Waals surface area contributed by atoms with Gasteiger partial charge in [0.25, 0.3) is 11.8 Å². The molecule has 0 saturated heterocycles. The van der Waals surface area contributed by atoms with E-state index in [0.717, 1.165) is 0 Å². The molecule has 0 aliphatic heterocycles. The zero-order valence-electron chi connectivity index (χ0n) is 12.4. The van der Waals surface area contributed by atoms with Crippen molar-refractivity contribution in [2.45, 2.75) is 0 Å². The minimum absolute atomic E-state index is 0.0836. The summed E-state index contributed by atoms with van der Waals surface area (Å²) in [5, 5.41) is 13.9. The third-order valence-electron chi connectivity index (χ3n) is 2.92. The zero-order valence-corrected chi connectivity index (χ0v) is 12.4. The molecule has 0 spiro atoms. The van der Waals surface area contributed by atoms with Gasteiger partial charge < -0.3 is 15.7 Å². The number of pyridine rings is 1. The Bertz CT molecular complexity index is 685. The van der Waals surface area contributed by atoms with E-state index in [-0.39, 0.29) is 24.8 Å². The van der Waals surface area contributed by atoms with Crippen LogP contribution < -0.4 is 10.6 Å². The standard InChI is InChI=1S/C17H17N3O3/c21-10-9-19-17(23)15(11-13-5-4-8-18-12-13)20-16(22)14-6-2-1-3-7-14/h1-8,11-12,21H,9-10H2,(H,19,23)(H,20,22)/b15-11+. The van der Waals surface area contributed by atoms with Crippen LogP contribution >= 0.6 is 0 Å². The first kappa shape index (κ1) is 16.4. The zero-order chi connectivity index (χ0) is 16.5. The van der Waals surface area contributed by atoms with E-state index in [9.17, 15) is 9.59 Å². The maximum atomic E-state index is 12.2. The molecule has 118 valence electrons. The second-order valence-corrected chi connectivity index (χ2v) is 4.64. The van der Waals surface area contributed by atoms with Crippen molar-refractivity contribution in [3.05, 3.63) is 71.7 Å². The molecular weight excluding hydrogens is 294 g/mol. The molecule has 0 atom stereocenters. The van der Waals surface area contributed by atoms with Crippen molar-refractivity contribution in [1.29, 1.82) is 0 Å². The van der Waals surface area contributed by atoms with Crippen LogP contribution in [0, 0.1) is 0 Å². The quantitative estimate of drug-likeness (QED) is 0.693. The Balaban J connectivity index is 2.21. The van der Waals surface area contributed by atoms with Gasteiger partial charge in [0.1, 0.15) is 5.70 Å². The normalized spacial score (nSPS) is 10.9. The number of hydrogen-bond acceptors (Lipinski definition) is 4. The number of benzene rings is 1. The molecule has 0 bridgehead atoms. The Kier molecular flexibility index (Phi) is 6.02. The number of aliphatic hydroxyl groups excluding tert-OH is 1. The first-order valence-electron chi connectivity index (χ1n) is 7.08. The Morgan fingerprint density at radius 2 is 1.91 bits per heavy atom. The van der Waals surface area contributed by atoms with Gasteiger partial charge in [0.05, 0.1) is 6.61 Å². The summed E-state index contributed by atoms with van der Waals surface area (Å²) in [6, 6.07) is 12.1. The Morgan fingerprint density at radius 1 is 1.13 bits per heavy atom. The van der Waals surface area contributed by atoms with Gasteiger partial charge in [0, 0.05) is 24.5 Å². The van der Waals surface area contributed by atoms with Crippen LogP contribution in [0.3, 0.4) is 0 Å². The first-order valence-corrected chi connectivity index (χ1v) is 7.08. The summed E-state index contributed by atoms with van der Waals surface area (Å²) >= 11 is 0. The lowest BCUT2D eigenvalue weighted by atomic mass is 10.2. The number of nitrogens with one attached hydrogen (secondary N) is 2. The summed E-state index contributed by atoms with van der Waals surface area (Å²) in [6.07, 6.45) is 4.72. The molecule has 0 aliphatic carbocycles.